The summed E-state index contributed by atoms with van der Waals surface area (Å²) >= 11 is 1.82. The first-order chi connectivity index (χ1) is 10.7. The summed E-state index contributed by atoms with van der Waals surface area (Å²) in [5.74, 6) is 0.000537. The topological polar surface area (TPSA) is 56.1 Å². The van der Waals surface area contributed by atoms with Gasteiger partial charge in [0.2, 0.25) is 5.91 Å². The molecule has 22 heavy (non-hydrogen) atoms. The van der Waals surface area contributed by atoms with E-state index in [0.717, 1.165) is 45.1 Å². The van der Waals surface area contributed by atoms with Crippen molar-refractivity contribution < 1.29 is 4.79 Å². The molecule has 1 unspecified atom stereocenters. The lowest BCUT2D eigenvalue weighted by Crippen LogP contribution is -2.50. The number of thiophene rings is 1. The highest BCUT2D eigenvalue weighted by Gasteiger charge is 2.36. The second kappa shape index (κ2) is 6.39. The van der Waals surface area contributed by atoms with Crippen LogP contribution < -0.4 is 5.32 Å². The van der Waals surface area contributed by atoms with Gasteiger partial charge < -0.3 is 5.32 Å². The molecule has 1 N–H and O–H groups in total. The van der Waals surface area contributed by atoms with Gasteiger partial charge in [0.15, 0.2) is 0 Å². The van der Waals surface area contributed by atoms with Crippen LogP contribution in [0.1, 0.15) is 55.5 Å². The molecule has 5 heteroatoms. The Morgan fingerprint density at radius 3 is 3.00 bits per heavy atom. The first-order valence-electron chi connectivity index (χ1n) is 8.20. The van der Waals surface area contributed by atoms with E-state index < -0.39 is 5.54 Å². The van der Waals surface area contributed by atoms with Crippen molar-refractivity contribution in [1.82, 2.24) is 10.2 Å². The van der Waals surface area contributed by atoms with Gasteiger partial charge in [-0.3, -0.25) is 9.69 Å². The van der Waals surface area contributed by atoms with Crippen LogP contribution in [0.15, 0.2) is 11.4 Å². The molecule has 1 amide bonds. The molecular weight excluding hydrogens is 294 g/mol. The molecule has 1 fully saturated rings. The first kappa shape index (κ1) is 15.5. The Kier molecular flexibility index (Phi) is 4.51. The molecule has 2 aliphatic rings. The normalized spacial score (nSPS) is 23.7. The predicted molar refractivity (Wildman–Crippen MR) is 87.6 cm³/mol. The van der Waals surface area contributed by atoms with E-state index in [1.54, 1.807) is 0 Å². The Labute approximate surface area is 136 Å². The van der Waals surface area contributed by atoms with E-state index in [-0.39, 0.29) is 5.91 Å². The van der Waals surface area contributed by atoms with Crippen molar-refractivity contribution in [2.75, 3.05) is 13.1 Å². The fourth-order valence-electron chi connectivity index (χ4n) is 3.85. The van der Waals surface area contributed by atoms with Gasteiger partial charge in [-0.2, -0.15) is 5.26 Å². The number of amides is 1. The Balaban J connectivity index is 1.66. The molecule has 1 atom stereocenters. The predicted octanol–water partition coefficient (Wildman–Crippen LogP) is 3.01. The number of rotatable bonds is 4. The molecule has 0 saturated heterocycles. The molecule has 0 spiro atoms. The highest BCUT2D eigenvalue weighted by Crippen LogP contribution is 2.35. The Morgan fingerprint density at radius 2 is 2.32 bits per heavy atom. The molecule has 1 aliphatic carbocycles. The van der Waals surface area contributed by atoms with Crippen molar-refractivity contribution in [3.05, 3.63) is 21.9 Å². The maximum absolute atomic E-state index is 12.4. The van der Waals surface area contributed by atoms with Gasteiger partial charge in [-0.05, 0) is 55.5 Å². The largest absolute Gasteiger partial charge is 0.337 e. The maximum Gasteiger partial charge on any atom is 0.235 e. The minimum absolute atomic E-state index is 0.000537. The monoisotopic (exact) mass is 317 g/mol. The van der Waals surface area contributed by atoms with Crippen molar-refractivity contribution in [3.63, 3.8) is 0 Å². The van der Waals surface area contributed by atoms with Gasteiger partial charge in [0, 0.05) is 17.5 Å². The summed E-state index contributed by atoms with van der Waals surface area (Å²) in [7, 11) is 0. The van der Waals surface area contributed by atoms with Crippen LogP contribution in [-0.2, 0) is 11.2 Å². The molecule has 118 valence electrons. The lowest BCUT2D eigenvalue weighted by atomic mass is 9.97. The molecule has 1 aromatic rings. The molecule has 4 nitrogen and oxygen atoms in total. The first-order valence-corrected chi connectivity index (χ1v) is 9.08. The van der Waals surface area contributed by atoms with Crippen LogP contribution >= 0.6 is 11.3 Å². The van der Waals surface area contributed by atoms with Crippen LogP contribution in [0.5, 0.6) is 0 Å². The highest BCUT2D eigenvalue weighted by atomic mass is 32.1. The molecule has 1 aromatic heterocycles. The number of fused-ring (bicyclic) bond motifs is 1. The van der Waals surface area contributed by atoms with E-state index in [1.165, 1.54) is 10.4 Å². The van der Waals surface area contributed by atoms with E-state index in [1.807, 2.05) is 11.3 Å². The van der Waals surface area contributed by atoms with E-state index in [2.05, 4.69) is 34.7 Å². The van der Waals surface area contributed by atoms with Crippen LogP contribution in [0.2, 0.25) is 0 Å². The second-order valence-corrected chi connectivity index (χ2v) is 7.39. The molecular formula is C17H23N3OS. The Hall–Kier alpha value is -1.38. The number of carbonyl (C=O) groups is 1. The quantitative estimate of drug-likeness (QED) is 0.928. The van der Waals surface area contributed by atoms with Crippen molar-refractivity contribution in [3.8, 4) is 6.07 Å². The molecule has 1 saturated carbocycles. The minimum atomic E-state index is -0.609. The van der Waals surface area contributed by atoms with E-state index in [4.69, 9.17) is 0 Å². The van der Waals surface area contributed by atoms with Crippen LogP contribution in [0.3, 0.4) is 0 Å². The van der Waals surface area contributed by atoms with Gasteiger partial charge in [0.25, 0.3) is 0 Å². The number of hydrogen-bond donors (Lipinski definition) is 1. The van der Waals surface area contributed by atoms with Crippen molar-refractivity contribution in [2.24, 2.45) is 0 Å². The number of nitrogens with one attached hydrogen (secondary N) is 1. The van der Waals surface area contributed by atoms with Gasteiger partial charge in [-0.1, -0.05) is 6.92 Å². The van der Waals surface area contributed by atoms with Gasteiger partial charge in [0.05, 0.1) is 12.6 Å². The second-order valence-electron chi connectivity index (χ2n) is 6.39. The maximum atomic E-state index is 12.4. The zero-order chi connectivity index (χ0) is 15.6. The average Bonchev–Trinajstić information content (AvgIpc) is 3.16. The van der Waals surface area contributed by atoms with Crippen molar-refractivity contribution in [2.45, 2.75) is 57.0 Å². The summed E-state index contributed by atoms with van der Waals surface area (Å²) in [6.07, 6.45) is 5.70. The van der Waals surface area contributed by atoms with Crippen LogP contribution in [-0.4, -0.2) is 29.4 Å². The molecule has 1 aliphatic heterocycles. The summed E-state index contributed by atoms with van der Waals surface area (Å²) in [5.41, 5.74) is 0.782. The highest BCUT2D eigenvalue weighted by molar-refractivity contribution is 7.10. The van der Waals surface area contributed by atoms with Crippen LogP contribution in [0, 0.1) is 11.3 Å². The van der Waals surface area contributed by atoms with E-state index >= 15 is 0 Å². The summed E-state index contributed by atoms with van der Waals surface area (Å²) in [5, 5.41) is 14.6. The lowest BCUT2D eigenvalue weighted by molar-refractivity contribution is -0.124. The fourth-order valence-corrected chi connectivity index (χ4v) is 4.78. The van der Waals surface area contributed by atoms with Crippen molar-refractivity contribution in [1.29, 1.82) is 5.26 Å². The zero-order valence-electron chi connectivity index (χ0n) is 13.1. The van der Waals surface area contributed by atoms with Crippen LogP contribution in [0.25, 0.3) is 0 Å². The molecule has 3 rings (SSSR count). The Bertz CT molecular complexity index is 583. The van der Waals surface area contributed by atoms with Crippen LogP contribution in [0.4, 0.5) is 0 Å². The third-order valence-electron chi connectivity index (χ3n) is 4.99. The lowest BCUT2D eigenvalue weighted by Gasteiger charge is -2.35. The van der Waals surface area contributed by atoms with E-state index in [0.29, 0.717) is 12.6 Å². The molecule has 0 aromatic carbocycles. The number of hydrogen-bond acceptors (Lipinski definition) is 4. The summed E-state index contributed by atoms with van der Waals surface area (Å²) in [6, 6.07) is 4.87. The number of carbonyl (C=O) groups excluding carboxylic acids is 1. The van der Waals surface area contributed by atoms with Gasteiger partial charge in [-0.15, -0.1) is 11.3 Å². The SMILES string of the molecule is CCC1c2ccsc2CCN1CC(=O)NC1(C#N)CCCC1. The smallest absolute Gasteiger partial charge is 0.235 e. The van der Waals surface area contributed by atoms with Gasteiger partial charge >= 0.3 is 0 Å². The standard InChI is InChI=1S/C17H23N3OS/c1-2-14-13-6-10-22-15(13)5-9-20(14)11-16(21)19-17(12-18)7-3-4-8-17/h6,10,14H,2-5,7-9,11H2,1H3,(H,19,21). The minimum Gasteiger partial charge on any atom is -0.337 e. The molecule has 0 radical (unpaired) electrons. The molecule has 2 heterocycles. The summed E-state index contributed by atoms with van der Waals surface area (Å²) < 4.78 is 0. The third-order valence-corrected chi connectivity index (χ3v) is 5.99. The summed E-state index contributed by atoms with van der Waals surface area (Å²) in [6.45, 7) is 3.51. The van der Waals surface area contributed by atoms with Crippen molar-refractivity contribution >= 4 is 17.2 Å². The number of nitrogens with zero attached hydrogens (tertiary/aromatic N) is 2. The number of nitriles is 1. The summed E-state index contributed by atoms with van der Waals surface area (Å²) in [4.78, 5) is 16.2. The van der Waals surface area contributed by atoms with E-state index in [9.17, 15) is 10.1 Å². The zero-order valence-corrected chi connectivity index (χ0v) is 13.9. The molecule has 0 bridgehead atoms. The third kappa shape index (κ3) is 2.90. The van der Waals surface area contributed by atoms with Gasteiger partial charge in [-0.25, -0.2) is 0 Å². The Morgan fingerprint density at radius 1 is 1.55 bits per heavy atom. The fraction of sp³-hybridized carbons (Fsp3) is 0.647. The van der Waals surface area contributed by atoms with Gasteiger partial charge in [0.1, 0.15) is 5.54 Å². The average molecular weight is 317 g/mol.